The maximum absolute atomic E-state index is 12.2. The van der Waals surface area contributed by atoms with Gasteiger partial charge in [-0.25, -0.2) is 0 Å². The molecule has 0 bridgehead atoms. The summed E-state index contributed by atoms with van der Waals surface area (Å²) >= 11 is 5.89. The van der Waals surface area contributed by atoms with Crippen molar-refractivity contribution < 1.29 is 9.53 Å². The molecule has 0 spiro atoms. The van der Waals surface area contributed by atoms with E-state index in [0.29, 0.717) is 17.2 Å². The molecule has 0 radical (unpaired) electrons. The Morgan fingerprint density at radius 1 is 1.00 bits per heavy atom. The molecule has 3 rings (SSSR count). The smallest absolute Gasteiger partial charge is 0.185 e. The lowest BCUT2D eigenvalue weighted by atomic mass is 10.1. The van der Waals surface area contributed by atoms with E-state index in [-0.39, 0.29) is 5.78 Å². The molecule has 0 heterocycles. The van der Waals surface area contributed by atoms with E-state index < -0.39 is 0 Å². The first-order valence-electron chi connectivity index (χ1n) is 8.36. The Balaban J connectivity index is 1.64. The van der Waals surface area contributed by atoms with Crippen LogP contribution < -0.4 is 4.74 Å². The van der Waals surface area contributed by atoms with Crippen LogP contribution in [0.3, 0.4) is 0 Å². The number of hydrogen-bond donors (Lipinski definition) is 0. The number of ether oxygens (including phenoxy) is 1. The number of aryl methyl sites for hydroxylation is 1. The van der Waals surface area contributed by atoms with Crippen LogP contribution >= 0.6 is 11.6 Å². The van der Waals surface area contributed by atoms with E-state index in [1.165, 1.54) is 0 Å². The number of ketones is 1. The van der Waals surface area contributed by atoms with E-state index in [1.54, 1.807) is 12.2 Å². The molecule has 0 saturated carbocycles. The van der Waals surface area contributed by atoms with Gasteiger partial charge in [-0.1, -0.05) is 71.8 Å². The molecule has 130 valence electrons. The second-order valence-corrected chi connectivity index (χ2v) is 6.49. The molecule has 0 unspecified atom stereocenters. The fourth-order valence-corrected chi connectivity index (χ4v) is 2.57. The molecule has 0 amide bonds. The van der Waals surface area contributed by atoms with Crippen molar-refractivity contribution in [3.05, 3.63) is 106 Å². The van der Waals surface area contributed by atoms with Crippen molar-refractivity contribution >= 4 is 23.5 Å². The standard InChI is InChI=1S/C23H19ClO2/c1-17-5-10-20(11-6-17)23(25)14-9-18-3-2-4-22(15-18)26-16-19-7-12-21(24)13-8-19/h2-15H,16H2,1H3/b14-9+. The molecule has 0 aliphatic heterocycles. The fourth-order valence-electron chi connectivity index (χ4n) is 2.44. The van der Waals surface area contributed by atoms with Crippen molar-refractivity contribution in [2.24, 2.45) is 0 Å². The fraction of sp³-hybridized carbons (Fsp3) is 0.0870. The number of carbonyl (C=O) groups is 1. The number of rotatable bonds is 6. The summed E-state index contributed by atoms with van der Waals surface area (Å²) in [5, 5.41) is 0.708. The average molecular weight is 363 g/mol. The van der Waals surface area contributed by atoms with Crippen molar-refractivity contribution in [2.75, 3.05) is 0 Å². The monoisotopic (exact) mass is 362 g/mol. The first kappa shape index (κ1) is 18.0. The third-order valence-corrected chi connectivity index (χ3v) is 4.19. The second-order valence-electron chi connectivity index (χ2n) is 6.05. The van der Waals surface area contributed by atoms with E-state index in [0.717, 1.165) is 22.4 Å². The molecular formula is C23H19ClO2. The van der Waals surface area contributed by atoms with Gasteiger partial charge in [0.05, 0.1) is 0 Å². The molecule has 0 saturated heterocycles. The zero-order valence-corrected chi connectivity index (χ0v) is 15.2. The van der Waals surface area contributed by atoms with Crippen LogP contribution in [0.15, 0.2) is 78.9 Å². The number of carbonyl (C=O) groups excluding carboxylic acids is 1. The number of benzene rings is 3. The van der Waals surface area contributed by atoms with E-state index in [4.69, 9.17) is 16.3 Å². The summed E-state index contributed by atoms with van der Waals surface area (Å²) in [7, 11) is 0. The van der Waals surface area contributed by atoms with Crippen molar-refractivity contribution in [1.82, 2.24) is 0 Å². The predicted octanol–water partition coefficient (Wildman–Crippen LogP) is 6.12. The van der Waals surface area contributed by atoms with Crippen LogP contribution in [0.25, 0.3) is 6.08 Å². The number of allylic oxidation sites excluding steroid dienone is 1. The summed E-state index contributed by atoms with van der Waals surface area (Å²) in [6.45, 7) is 2.46. The molecule has 26 heavy (non-hydrogen) atoms. The van der Waals surface area contributed by atoms with Gasteiger partial charge in [-0.3, -0.25) is 4.79 Å². The lowest BCUT2D eigenvalue weighted by Crippen LogP contribution is -1.95. The van der Waals surface area contributed by atoms with Gasteiger partial charge in [0.2, 0.25) is 0 Å². The van der Waals surface area contributed by atoms with Crippen LogP contribution in [-0.2, 0) is 6.61 Å². The molecule has 0 atom stereocenters. The van der Waals surface area contributed by atoms with Gasteiger partial charge in [-0.15, -0.1) is 0 Å². The summed E-state index contributed by atoms with van der Waals surface area (Å²) in [6.07, 6.45) is 3.39. The van der Waals surface area contributed by atoms with Gasteiger partial charge < -0.3 is 4.74 Å². The predicted molar refractivity (Wildman–Crippen MR) is 107 cm³/mol. The normalized spacial score (nSPS) is 10.8. The minimum Gasteiger partial charge on any atom is -0.489 e. The summed E-state index contributed by atoms with van der Waals surface area (Å²) in [6, 6.07) is 22.8. The maximum Gasteiger partial charge on any atom is 0.185 e. The average Bonchev–Trinajstić information content (AvgIpc) is 2.66. The van der Waals surface area contributed by atoms with Crippen LogP contribution in [0.4, 0.5) is 0 Å². The molecule has 3 aromatic rings. The van der Waals surface area contributed by atoms with E-state index in [9.17, 15) is 4.79 Å². The van der Waals surface area contributed by atoms with E-state index in [1.807, 2.05) is 79.7 Å². The molecule has 0 fully saturated rings. The van der Waals surface area contributed by atoms with Crippen molar-refractivity contribution in [3.8, 4) is 5.75 Å². The van der Waals surface area contributed by atoms with Crippen molar-refractivity contribution in [3.63, 3.8) is 0 Å². The molecule has 0 aromatic heterocycles. The highest BCUT2D eigenvalue weighted by Crippen LogP contribution is 2.17. The molecule has 0 aliphatic rings. The Morgan fingerprint density at radius 2 is 1.73 bits per heavy atom. The highest BCUT2D eigenvalue weighted by atomic mass is 35.5. The third-order valence-electron chi connectivity index (χ3n) is 3.94. The molecule has 2 nitrogen and oxygen atoms in total. The van der Waals surface area contributed by atoms with Gasteiger partial charge in [0.25, 0.3) is 0 Å². The molecular weight excluding hydrogens is 344 g/mol. The zero-order valence-electron chi connectivity index (χ0n) is 14.5. The van der Waals surface area contributed by atoms with E-state index in [2.05, 4.69) is 0 Å². The van der Waals surface area contributed by atoms with Gasteiger partial charge in [0, 0.05) is 10.6 Å². The largest absolute Gasteiger partial charge is 0.489 e. The summed E-state index contributed by atoms with van der Waals surface area (Å²) in [4.78, 5) is 12.2. The summed E-state index contributed by atoms with van der Waals surface area (Å²) in [5.41, 5.74) is 3.78. The van der Waals surface area contributed by atoms with Crippen LogP contribution in [-0.4, -0.2) is 5.78 Å². The topological polar surface area (TPSA) is 26.3 Å². The highest BCUT2D eigenvalue weighted by molar-refractivity contribution is 6.30. The summed E-state index contributed by atoms with van der Waals surface area (Å²) in [5.74, 6) is 0.738. The first-order chi connectivity index (χ1) is 12.6. The van der Waals surface area contributed by atoms with Gasteiger partial charge >= 0.3 is 0 Å². The van der Waals surface area contributed by atoms with Gasteiger partial charge in [-0.05, 0) is 48.4 Å². The second kappa shape index (κ2) is 8.50. The van der Waals surface area contributed by atoms with Crippen LogP contribution in [0.5, 0.6) is 5.75 Å². The van der Waals surface area contributed by atoms with Gasteiger partial charge in [0.15, 0.2) is 5.78 Å². The Morgan fingerprint density at radius 3 is 2.46 bits per heavy atom. The molecule has 3 heteroatoms. The zero-order chi connectivity index (χ0) is 18.4. The van der Waals surface area contributed by atoms with E-state index >= 15 is 0 Å². The van der Waals surface area contributed by atoms with Crippen LogP contribution in [0.1, 0.15) is 27.0 Å². The van der Waals surface area contributed by atoms with Gasteiger partial charge in [0.1, 0.15) is 12.4 Å². The Kier molecular flexibility index (Phi) is 5.88. The van der Waals surface area contributed by atoms with Crippen molar-refractivity contribution in [1.29, 1.82) is 0 Å². The molecule has 0 aliphatic carbocycles. The highest BCUT2D eigenvalue weighted by Gasteiger charge is 2.01. The van der Waals surface area contributed by atoms with Gasteiger partial charge in [-0.2, -0.15) is 0 Å². The van der Waals surface area contributed by atoms with Crippen LogP contribution in [0, 0.1) is 6.92 Å². The third kappa shape index (κ3) is 5.08. The molecule has 0 N–H and O–H groups in total. The minimum absolute atomic E-state index is 0.0162. The number of halogens is 1. The SMILES string of the molecule is Cc1ccc(C(=O)/C=C/c2cccc(OCc3ccc(Cl)cc3)c2)cc1. The lowest BCUT2D eigenvalue weighted by Gasteiger charge is -2.07. The van der Waals surface area contributed by atoms with Crippen molar-refractivity contribution in [2.45, 2.75) is 13.5 Å². The van der Waals surface area contributed by atoms with Crippen LogP contribution in [0.2, 0.25) is 5.02 Å². The number of hydrogen-bond acceptors (Lipinski definition) is 2. The molecule has 3 aromatic carbocycles. The minimum atomic E-state index is -0.0162. The lowest BCUT2D eigenvalue weighted by molar-refractivity contribution is 0.104. The Bertz CT molecular complexity index is 910. The summed E-state index contributed by atoms with van der Waals surface area (Å²) < 4.78 is 5.82. The maximum atomic E-state index is 12.2. The Hall–Kier alpha value is -2.84. The quantitative estimate of drug-likeness (QED) is 0.390. The Labute approximate surface area is 158 Å². The first-order valence-corrected chi connectivity index (χ1v) is 8.74.